The van der Waals surface area contributed by atoms with Crippen LogP contribution in [0, 0.1) is 0 Å². The third kappa shape index (κ3) is 5.78. The topological polar surface area (TPSA) is 34.0 Å². The Morgan fingerprint density at radius 3 is 1.76 bits per heavy atom. The van der Waals surface area contributed by atoms with Crippen molar-refractivity contribution in [3.63, 3.8) is 0 Å². The van der Waals surface area contributed by atoms with Crippen LogP contribution in [0.5, 0.6) is 0 Å². The van der Waals surface area contributed by atoms with Gasteiger partial charge in [-0.05, 0) is 94.4 Å². The summed E-state index contributed by atoms with van der Waals surface area (Å²) in [6, 6.07) is 75.7. The van der Waals surface area contributed by atoms with E-state index in [0.717, 1.165) is 61.5 Å². The molecule has 0 radical (unpaired) electrons. The van der Waals surface area contributed by atoms with Gasteiger partial charge in [-0.25, -0.2) is 9.97 Å². The summed E-state index contributed by atoms with van der Waals surface area (Å²) in [6.07, 6.45) is 1.92. The Balaban J connectivity index is 1.15. The molecule has 0 aliphatic rings. The third-order valence-corrected chi connectivity index (χ3v) is 11.2. The Hall–Kier alpha value is -7.82. The molecule has 0 aliphatic heterocycles. The maximum atomic E-state index is 5.09. The predicted molar refractivity (Wildman–Crippen MR) is 242 cm³/mol. The first-order chi connectivity index (χ1) is 28.8. The van der Waals surface area contributed by atoms with Crippen LogP contribution < -0.4 is 4.90 Å². The van der Waals surface area contributed by atoms with Crippen molar-refractivity contribution in [3.05, 3.63) is 219 Å². The first-order valence-corrected chi connectivity index (χ1v) is 19.7. The lowest BCUT2D eigenvalue weighted by molar-refractivity contribution is 1.19. The minimum absolute atomic E-state index is 0.682. The molecule has 4 nitrogen and oxygen atoms in total. The fourth-order valence-electron chi connectivity index (χ4n) is 8.52. The zero-order chi connectivity index (χ0) is 38.4. The number of hydrogen-bond donors (Lipinski definition) is 0. The zero-order valence-electron chi connectivity index (χ0n) is 31.6. The van der Waals surface area contributed by atoms with E-state index in [1.54, 1.807) is 0 Å². The average molecular weight is 741 g/mol. The largest absolute Gasteiger partial charge is 0.310 e. The molecule has 4 heteroatoms. The van der Waals surface area contributed by atoms with E-state index in [4.69, 9.17) is 9.97 Å². The summed E-state index contributed by atoms with van der Waals surface area (Å²) in [5.41, 5.74) is 13.0. The minimum atomic E-state index is 0.682. The highest BCUT2D eigenvalue weighted by Crippen LogP contribution is 2.43. The highest BCUT2D eigenvalue weighted by atomic mass is 15.1. The molecule has 9 aromatic carbocycles. The van der Waals surface area contributed by atoms with Gasteiger partial charge in [0.2, 0.25) is 0 Å². The van der Waals surface area contributed by atoms with Gasteiger partial charge in [0.15, 0.2) is 5.82 Å². The van der Waals surface area contributed by atoms with Gasteiger partial charge in [-0.15, -0.1) is 0 Å². The van der Waals surface area contributed by atoms with Gasteiger partial charge in [0, 0.05) is 56.1 Å². The fourth-order valence-corrected chi connectivity index (χ4v) is 8.52. The number of para-hydroxylation sites is 4. The van der Waals surface area contributed by atoms with Gasteiger partial charge in [0.1, 0.15) is 0 Å². The Bertz CT molecular complexity index is 3240. The van der Waals surface area contributed by atoms with E-state index in [1.807, 2.05) is 18.3 Å². The molecule has 272 valence electrons. The van der Waals surface area contributed by atoms with Crippen molar-refractivity contribution in [2.45, 2.75) is 0 Å². The first kappa shape index (κ1) is 33.5. The molecular formula is C54H36N4. The molecule has 0 atom stereocenters. The summed E-state index contributed by atoms with van der Waals surface area (Å²) in [5, 5.41) is 5.95. The smallest absolute Gasteiger partial charge is 0.159 e. The number of aromatic nitrogens is 3. The monoisotopic (exact) mass is 740 g/mol. The van der Waals surface area contributed by atoms with Crippen molar-refractivity contribution in [1.29, 1.82) is 0 Å². The number of hydrogen-bond acceptors (Lipinski definition) is 3. The predicted octanol–water partition coefficient (Wildman–Crippen LogP) is 14.4. The lowest BCUT2D eigenvalue weighted by atomic mass is 9.92. The summed E-state index contributed by atoms with van der Waals surface area (Å²) >= 11 is 0. The third-order valence-electron chi connectivity index (χ3n) is 11.2. The van der Waals surface area contributed by atoms with Crippen LogP contribution in [0.2, 0.25) is 0 Å². The van der Waals surface area contributed by atoms with Crippen LogP contribution in [0.15, 0.2) is 219 Å². The van der Waals surface area contributed by atoms with E-state index >= 15 is 0 Å². The molecular weight excluding hydrogens is 705 g/mol. The van der Waals surface area contributed by atoms with Crippen molar-refractivity contribution in [2.75, 3.05) is 4.90 Å². The summed E-state index contributed by atoms with van der Waals surface area (Å²) in [4.78, 5) is 12.3. The second kappa shape index (κ2) is 14.0. The van der Waals surface area contributed by atoms with Gasteiger partial charge >= 0.3 is 0 Å². The van der Waals surface area contributed by atoms with Crippen LogP contribution in [0.25, 0.3) is 82.8 Å². The number of benzene rings is 9. The number of nitrogens with zero attached hydrogens (tertiary/aromatic N) is 4. The van der Waals surface area contributed by atoms with Gasteiger partial charge in [-0.1, -0.05) is 146 Å². The van der Waals surface area contributed by atoms with Gasteiger partial charge in [-0.3, -0.25) is 0 Å². The zero-order valence-corrected chi connectivity index (χ0v) is 31.6. The molecule has 0 unspecified atom stereocenters. The maximum absolute atomic E-state index is 5.09. The molecule has 0 spiro atoms. The molecule has 2 aromatic heterocycles. The summed E-state index contributed by atoms with van der Waals surface area (Å²) in [5.74, 6) is 0.682. The van der Waals surface area contributed by atoms with Crippen LogP contribution in [-0.4, -0.2) is 14.5 Å². The maximum Gasteiger partial charge on any atom is 0.159 e. The molecule has 0 bridgehead atoms. The average Bonchev–Trinajstić information content (AvgIpc) is 3.64. The first-order valence-electron chi connectivity index (χ1n) is 19.7. The van der Waals surface area contributed by atoms with E-state index in [2.05, 4.69) is 210 Å². The number of rotatable bonds is 7. The fraction of sp³-hybridized carbons (Fsp3) is 0. The van der Waals surface area contributed by atoms with Crippen LogP contribution in [0.4, 0.5) is 17.1 Å². The van der Waals surface area contributed by atoms with Gasteiger partial charge in [0.05, 0.1) is 16.6 Å². The lowest BCUT2D eigenvalue weighted by Crippen LogP contribution is -2.10. The van der Waals surface area contributed by atoms with Crippen LogP contribution in [0.3, 0.4) is 0 Å². The highest BCUT2D eigenvalue weighted by Gasteiger charge is 2.20. The Morgan fingerprint density at radius 2 is 1.00 bits per heavy atom. The van der Waals surface area contributed by atoms with Gasteiger partial charge in [-0.2, -0.15) is 0 Å². The molecule has 0 aliphatic carbocycles. The summed E-state index contributed by atoms with van der Waals surface area (Å²) in [7, 11) is 0. The standard InChI is InChI=1S/C54H36N4/c1-4-18-42(19-5-1)57(43-20-6-2-7-21-43)45-33-40(32-41(34-45)54-55-36-39-17-11-15-27-51(39)56-54)47-25-14-13-24-46(47)38-29-30-49-50-31-28-37-16-10-12-26-48(37)53(50)58(52(49)35-38)44-22-8-3-9-23-44/h1-36H. The molecule has 58 heavy (non-hydrogen) atoms. The molecule has 0 fully saturated rings. The molecule has 0 N–H and O–H groups in total. The molecule has 2 heterocycles. The van der Waals surface area contributed by atoms with Crippen LogP contribution >= 0.6 is 0 Å². The van der Waals surface area contributed by atoms with Crippen LogP contribution in [0.1, 0.15) is 0 Å². The summed E-state index contributed by atoms with van der Waals surface area (Å²) in [6.45, 7) is 0. The molecule has 0 amide bonds. The Labute approximate surface area is 336 Å². The molecule has 0 saturated carbocycles. The van der Waals surface area contributed by atoms with E-state index < -0.39 is 0 Å². The number of fused-ring (bicyclic) bond motifs is 6. The second-order valence-electron chi connectivity index (χ2n) is 14.7. The minimum Gasteiger partial charge on any atom is -0.310 e. The quantitative estimate of drug-likeness (QED) is 0.163. The summed E-state index contributed by atoms with van der Waals surface area (Å²) < 4.78 is 2.44. The van der Waals surface area contributed by atoms with E-state index in [1.165, 1.54) is 32.6 Å². The lowest BCUT2D eigenvalue weighted by Gasteiger charge is -2.27. The van der Waals surface area contributed by atoms with Crippen molar-refractivity contribution < 1.29 is 0 Å². The van der Waals surface area contributed by atoms with E-state index in [-0.39, 0.29) is 0 Å². The highest BCUT2D eigenvalue weighted by molar-refractivity contribution is 6.19. The normalized spacial score (nSPS) is 11.4. The van der Waals surface area contributed by atoms with E-state index in [0.29, 0.717) is 5.82 Å². The Morgan fingerprint density at radius 1 is 0.397 bits per heavy atom. The molecule has 0 saturated heterocycles. The van der Waals surface area contributed by atoms with Crippen LogP contribution in [-0.2, 0) is 0 Å². The second-order valence-corrected chi connectivity index (χ2v) is 14.7. The molecule has 11 rings (SSSR count). The van der Waals surface area contributed by atoms with E-state index in [9.17, 15) is 0 Å². The van der Waals surface area contributed by atoms with Crippen molar-refractivity contribution >= 4 is 60.5 Å². The van der Waals surface area contributed by atoms with Gasteiger partial charge < -0.3 is 9.47 Å². The van der Waals surface area contributed by atoms with Gasteiger partial charge in [0.25, 0.3) is 0 Å². The Kier molecular flexibility index (Phi) is 8.11. The molecule has 11 aromatic rings. The number of anilines is 3. The SMILES string of the molecule is c1ccc(N(c2ccccc2)c2cc(-c3ncc4ccccc4n3)cc(-c3ccccc3-c3ccc4c5ccc6ccccc6c5n(-c5ccccc5)c4c3)c2)cc1. The van der Waals surface area contributed by atoms with Crippen molar-refractivity contribution in [1.82, 2.24) is 14.5 Å². The van der Waals surface area contributed by atoms with Crippen molar-refractivity contribution in [2.24, 2.45) is 0 Å². The van der Waals surface area contributed by atoms with Crippen molar-refractivity contribution in [3.8, 4) is 39.3 Å².